The van der Waals surface area contributed by atoms with E-state index in [0.29, 0.717) is 0 Å². The van der Waals surface area contributed by atoms with Gasteiger partial charge < -0.3 is 0 Å². The van der Waals surface area contributed by atoms with Crippen LogP contribution in [0.5, 0.6) is 0 Å². The molecular weight excluding hydrogens is 242 g/mol. The fourth-order valence-electron chi connectivity index (χ4n) is 2.23. The van der Waals surface area contributed by atoms with Gasteiger partial charge in [0.1, 0.15) is 5.54 Å². The van der Waals surface area contributed by atoms with E-state index in [2.05, 4.69) is 11.4 Å². The number of nitrogens with one attached hydrogen (secondary N) is 1. The van der Waals surface area contributed by atoms with Crippen LogP contribution >= 0.6 is 0 Å². The number of nitriles is 1. The first kappa shape index (κ1) is 13.2. The molecule has 1 fully saturated rings. The van der Waals surface area contributed by atoms with Crippen molar-refractivity contribution in [3.8, 4) is 6.07 Å². The quantitative estimate of drug-likeness (QED) is 0.809. The van der Waals surface area contributed by atoms with Crippen LogP contribution in [0.1, 0.15) is 18.4 Å². The molecule has 0 aliphatic carbocycles. The topological polar surface area (TPSA) is 73.2 Å². The van der Waals surface area contributed by atoms with Gasteiger partial charge in [0.15, 0.2) is 0 Å². The fraction of sp³-hybridized carbons (Fsp3) is 0.357. The van der Waals surface area contributed by atoms with Crippen molar-refractivity contribution in [1.29, 1.82) is 5.26 Å². The molecule has 1 atom stereocenters. The number of nitrogens with zero attached hydrogens (tertiary/aromatic N) is 2. The number of hydrogen-bond donors (Lipinski definition) is 1. The number of likely N-dealkylation sites (tertiary alicyclic amines) is 1. The predicted octanol–water partition coefficient (Wildman–Crippen LogP) is 0.774. The minimum Gasteiger partial charge on any atom is -0.297 e. The lowest BCUT2D eigenvalue weighted by Gasteiger charge is -2.30. The Labute approximate surface area is 111 Å². The van der Waals surface area contributed by atoms with Crippen molar-refractivity contribution in [3.05, 3.63) is 35.9 Å². The van der Waals surface area contributed by atoms with Crippen LogP contribution in [-0.4, -0.2) is 30.3 Å². The molecule has 0 spiro atoms. The summed E-state index contributed by atoms with van der Waals surface area (Å²) in [6.45, 7) is 0.0433. The normalized spacial score (nSPS) is 18.2. The molecule has 0 saturated carbocycles. The number of hydrogen-bond acceptors (Lipinski definition) is 4. The number of rotatable bonds is 4. The molecule has 1 unspecified atom stereocenters. The smallest absolute Gasteiger partial charge is 0.229 e. The van der Waals surface area contributed by atoms with Crippen LogP contribution in [0.25, 0.3) is 0 Å². The number of carbonyl (C=O) groups is 2. The third kappa shape index (κ3) is 2.35. The van der Waals surface area contributed by atoms with Crippen molar-refractivity contribution in [1.82, 2.24) is 10.2 Å². The second-order valence-electron chi connectivity index (χ2n) is 4.51. The largest absolute Gasteiger partial charge is 0.297 e. The summed E-state index contributed by atoms with van der Waals surface area (Å²) in [5, 5.41) is 12.4. The molecule has 2 rings (SSSR count). The van der Waals surface area contributed by atoms with Crippen molar-refractivity contribution < 1.29 is 9.59 Å². The molecule has 19 heavy (non-hydrogen) atoms. The summed E-state index contributed by atoms with van der Waals surface area (Å²) >= 11 is 0. The summed E-state index contributed by atoms with van der Waals surface area (Å²) in [4.78, 5) is 24.6. The average molecular weight is 257 g/mol. The van der Waals surface area contributed by atoms with Crippen LogP contribution in [0.4, 0.5) is 0 Å². The fourth-order valence-corrected chi connectivity index (χ4v) is 2.23. The van der Waals surface area contributed by atoms with E-state index in [1.807, 2.05) is 30.3 Å². The number of amides is 2. The summed E-state index contributed by atoms with van der Waals surface area (Å²) in [5.74, 6) is -0.424. The van der Waals surface area contributed by atoms with Gasteiger partial charge in [-0.3, -0.25) is 19.8 Å². The van der Waals surface area contributed by atoms with Gasteiger partial charge in [-0.15, -0.1) is 0 Å². The summed E-state index contributed by atoms with van der Waals surface area (Å²) in [6, 6.07) is 11.3. The highest BCUT2D eigenvalue weighted by molar-refractivity contribution is 6.02. The van der Waals surface area contributed by atoms with Gasteiger partial charge in [-0.25, -0.2) is 0 Å². The molecule has 98 valence electrons. The van der Waals surface area contributed by atoms with E-state index in [0.717, 1.165) is 5.56 Å². The van der Waals surface area contributed by atoms with Crippen molar-refractivity contribution in [2.24, 2.45) is 0 Å². The van der Waals surface area contributed by atoms with E-state index in [9.17, 15) is 14.9 Å². The minimum absolute atomic E-state index is 0.0433. The Bertz CT molecular complexity index is 519. The Hall–Kier alpha value is -2.19. The predicted molar refractivity (Wildman–Crippen MR) is 68.7 cm³/mol. The zero-order valence-corrected chi connectivity index (χ0v) is 10.7. The standard InChI is InChI=1S/C14H15N3O2/c1-16-14(9-15,11-5-3-2-4-6-11)10-17-12(18)7-8-13(17)19/h2-6,16H,7-8,10H2,1H3. The summed E-state index contributed by atoms with van der Waals surface area (Å²) in [7, 11) is 1.65. The van der Waals surface area contributed by atoms with Gasteiger partial charge in [0, 0.05) is 12.8 Å². The first-order valence-electron chi connectivity index (χ1n) is 6.12. The maximum absolute atomic E-state index is 11.7. The van der Waals surface area contributed by atoms with Crippen molar-refractivity contribution in [3.63, 3.8) is 0 Å². The lowest BCUT2D eigenvalue weighted by Crippen LogP contribution is -2.50. The first-order valence-corrected chi connectivity index (χ1v) is 6.12. The molecule has 1 saturated heterocycles. The molecule has 0 aromatic heterocycles. The maximum atomic E-state index is 11.7. The average Bonchev–Trinajstić information content (AvgIpc) is 2.77. The van der Waals surface area contributed by atoms with Gasteiger partial charge >= 0.3 is 0 Å². The molecule has 1 heterocycles. The highest BCUT2D eigenvalue weighted by Gasteiger charge is 2.39. The van der Waals surface area contributed by atoms with E-state index in [1.165, 1.54) is 4.90 Å². The summed E-state index contributed by atoms with van der Waals surface area (Å²) in [5.41, 5.74) is -0.316. The lowest BCUT2D eigenvalue weighted by molar-refractivity contribution is -0.139. The highest BCUT2D eigenvalue weighted by Crippen LogP contribution is 2.24. The van der Waals surface area contributed by atoms with Gasteiger partial charge in [0.2, 0.25) is 11.8 Å². The Morgan fingerprint density at radius 2 is 1.84 bits per heavy atom. The number of benzene rings is 1. The van der Waals surface area contributed by atoms with Crippen LogP contribution < -0.4 is 5.32 Å². The molecular formula is C14H15N3O2. The van der Waals surface area contributed by atoms with Gasteiger partial charge in [-0.1, -0.05) is 30.3 Å². The Kier molecular flexibility index (Phi) is 3.63. The summed E-state index contributed by atoms with van der Waals surface area (Å²) in [6.07, 6.45) is 0.470. The van der Waals surface area contributed by atoms with E-state index in [-0.39, 0.29) is 31.2 Å². The first-order chi connectivity index (χ1) is 9.13. The van der Waals surface area contributed by atoms with Crippen molar-refractivity contribution in [2.75, 3.05) is 13.6 Å². The van der Waals surface area contributed by atoms with Crippen LogP contribution in [-0.2, 0) is 15.1 Å². The SMILES string of the molecule is CNC(C#N)(CN1C(=O)CCC1=O)c1ccccc1. The molecule has 0 bridgehead atoms. The number of likely N-dealkylation sites (N-methyl/N-ethyl adjacent to an activating group) is 1. The Morgan fingerprint density at radius 1 is 1.26 bits per heavy atom. The maximum Gasteiger partial charge on any atom is 0.229 e. The second-order valence-corrected chi connectivity index (χ2v) is 4.51. The molecule has 5 nitrogen and oxygen atoms in total. The van der Waals surface area contributed by atoms with Gasteiger partial charge in [0.25, 0.3) is 0 Å². The van der Waals surface area contributed by atoms with E-state index in [1.54, 1.807) is 7.05 Å². The van der Waals surface area contributed by atoms with Gasteiger partial charge in [-0.2, -0.15) is 5.26 Å². The number of carbonyl (C=O) groups excluding carboxylic acids is 2. The summed E-state index contributed by atoms with van der Waals surface area (Å²) < 4.78 is 0. The van der Waals surface area contributed by atoms with Crippen LogP contribution in [0, 0.1) is 11.3 Å². The molecule has 2 amide bonds. The monoisotopic (exact) mass is 257 g/mol. The van der Waals surface area contributed by atoms with E-state index < -0.39 is 5.54 Å². The lowest BCUT2D eigenvalue weighted by atomic mass is 9.91. The molecule has 1 aliphatic heterocycles. The van der Waals surface area contributed by atoms with Crippen molar-refractivity contribution in [2.45, 2.75) is 18.4 Å². The molecule has 1 N–H and O–H groups in total. The highest BCUT2D eigenvalue weighted by atomic mass is 16.2. The van der Waals surface area contributed by atoms with Crippen LogP contribution in [0.3, 0.4) is 0 Å². The Balaban J connectivity index is 2.34. The van der Waals surface area contributed by atoms with Gasteiger partial charge in [0.05, 0.1) is 12.6 Å². The van der Waals surface area contributed by atoms with E-state index in [4.69, 9.17) is 0 Å². The molecule has 1 aliphatic rings. The second kappa shape index (κ2) is 5.21. The molecule has 5 heteroatoms. The minimum atomic E-state index is -1.06. The molecule has 0 radical (unpaired) electrons. The van der Waals surface area contributed by atoms with Gasteiger partial charge in [-0.05, 0) is 12.6 Å². The third-order valence-electron chi connectivity index (χ3n) is 3.43. The third-order valence-corrected chi connectivity index (χ3v) is 3.43. The van der Waals surface area contributed by atoms with Crippen LogP contribution in [0.15, 0.2) is 30.3 Å². The van der Waals surface area contributed by atoms with Crippen LogP contribution in [0.2, 0.25) is 0 Å². The van der Waals surface area contributed by atoms with Crippen molar-refractivity contribution >= 4 is 11.8 Å². The van der Waals surface area contributed by atoms with E-state index >= 15 is 0 Å². The zero-order chi connectivity index (χ0) is 13.9. The number of imide groups is 1. The zero-order valence-electron chi connectivity index (χ0n) is 10.7. The Morgan fingerprint density at radius 3 is 2.32 bits per heavy atom. The molecule has 1 aromatic carbocycles. The molecule has 1 aromatic rings.